The second-order valence-electron chi connectivity index (χ2n) is 5.37. The Hall–Kier alpha value is -2.87. The van der Waals surface area contributed by atoms with E-state index < -0.39 is 0 Å². The number of fused-ring (bicyclic) bond motifs is 1. The van der Waals surface area contributed by atoms with Crippen molar-refractivity contribution in [2.75, 3.05) is 12.4 Å². The van der Waals surface area contributed by atoms with Crippen LogP contribution in [0.3, 0.4) is 0 Å². The topological polar surface area (TPSA) is 88.9 Å². The normalized spacial score (nSPS) is 11.0. The lowest BCUT2D eigenvalue weighted by Crippen LogP contribution is -1.99. The van der Waals surface area contributed by atoms with Crippen LogP contribution in [0, 0.1) is 0 Å². The maximum absolute atomic E-state index is 5.73. The molecular formula is C17H14BrN5O2. The van der Waals surface area contributed by atoms with Gasteiger partial charge in [-0.15, -0.1) is 5.10 Å². The Labute approximate surface area is 151 Å². The van der Waals surface area contributed by atoms with Crippen LogP contribution in [0.4, 0.5) is 6.01 Å². The number of nitrogens with zero attached hydrogens (tertiary/aromatic N) is 3. The van der Waals surface area contributed by atoms with Crippen molar-refractivity contribution in [2.45, 2.75) is 6.54 Å². The van der Waals surface area contributed by atoms with E-state index in [0.29, 0.717) is 18.5 Å². The molecule has 4 aromatic rings. The van der Waals surface area contributed by atoms with Gasteiger partial charge in [-0.3, -0.25) is 0 Å². The van der Waals surface area contributed by atoms with Gasteiger partial charge < -0.3 is 19.5 Å². The van der Waals surface area contributed by atoms with Crippen LogP contribution in [-0.2, 0) is 6.54 Å². The zero-order valence-corrected chi connectivity index (χ0v) is 14.9. The van der Waals surface area contributed by atoms with E-state index in [1.54, 1.807) is 13.3 Å². The number of rotatable bonds is 5. The number of H-pyrrole nitrogens is 1. The minimum atomic E-state index is 0.357. The molecule has 0 saturated heterocycles. The van der Waals surface area contributed by atoms with Crippen LogP contribution in [0.1, 0.15) is 5.56 Å². The van der Waals surface area contributed by atoms with E-state index in [0.717, 1.165) is 32.4 Å². The number of ether oxygens (including phenoxy) is 1. The number of anilines is 1. The molecule has 0 aliphatic carbocycles. The molecular weight excluding hydrogens is 386 g/mol. The zero-order chi connectivity index (χ0) is 17.2. The lowest BCUT2D eigenvalue weighted by atomic mass is 10.2. The highest BCUT2D eigenvalue weighted by Gasteiger charge is 2.14. The van der Waals surface area contributed by atoms with E-state index in [1.807, 2.05) is 36.5 Å². The molecule has 126 valence electrons. The van der Waals surface area contributed by atoms with Gasteiger partial charge in [0, 0.05) is 28.8 Å². The highest BCUT2D eigenvalue weighted by Crippen LogP contribution is 2.29. The molecule has 2 N–H and O–H groups in total. The van der Waals surface area contributed by atoms with Gasteiger partial charge in [0.2, 0.25) is 0 Å². The number of aromatic nitrogens is 4. The fourth-order valence-electron chi connectivity index (χ4n) is 2.52. The Balaban J connectivity index is 1.54. The van der Waals surface area contributed by atoms with Crippen LogP contribution in [-0.4, -0.2) is 27.3 Å². The fraction of sp³-hybridized carbons (Fsp3) is 0.118. The fourth-order valence-corrected chi connectivity index (χ4v) is 2.85. The Morgan fingerprint density at radius 2 is 2.20 bits per heavy atom. The molecule has 0 bridgehead atoms. The van der Waals surface area contributed by atoms with Gasteiger partial charge in [-0.25, -0.2) is 4.98 Å². The number of nitrogens with one attached hydrogen (secondary N) is 2. The van der Waals surface area contributed by atoms with Gasteiger partial charge in [-0.05, 0) is 39.7 Å². The van der Waals surface area contributed by atoms with Gasteiger partial charge >= 0.3 is 6.01 Å². The van der Waals surface area contributed by atoms with Gasteiger partial charge in [0.05, 0.1) is 12.7 Å². The summed E-state index contributed by atoms with van der Waals surface area (Å²) in [6.45, 7) is 0.555. The number of aromatic amines is 1. The molecule has 0 aliphatic heterocycles. The molecule has 0 saturated carbocycles. The molecule has 3 heterocycles. The molecule has 0 spiro atoms. The molecule has 0 amide bonds. The first-order valence-electron chi connectivity index (χ1n) is 7.56. The second kappa shape index (κ2) is 6.56. The predicted octanol–water partition coefficient (Wildman–Crippen LogP) is 4.00. The summed E-state index contributed by atoms with van der Waals surface area (Å²) in [5.74, 6) is 1.24. The van der Waals surface area contributed by atoms with Crippen LogP contribution in [0.5, 0.6) is 5.75 Å². The molecule has 0 unspecified atom stereocenters. The summed E-state index contributed by atoms with van der Waals surface area (Å²) in [7, 11) is 1.64. The summed E-state index contributed by atoms with van der Waals surface area (Å²) in [6, 6.07) is 10.1. The number of benzene rings is 1. The van der Waals surface area contributed by atoms with E-state index in [2.05, 4.69) is 41.4 Å². The Morgan fingerprint density at radius 1 is 1.28 bits per heavy atom. The summed E-state index contributed by atoms with van der Waals surface area (Å²) in [5, 5.41) is 12.2. The largest absolute Gasteiger partial charge is 0.497 e. The first kappa shape index (κ1) is 15.6. The highest BCUT2D eigenvalue weighted by atomic mass is 79.9. The Morgan fingerprint density at radius 3 is 3.08 bits per heavy atom. The van der Waals surface area contributed by atoms with Gasteiger partial charge in [-0.2, -0.15) is 0 Å². The van der Waals surface area contributed by atoms with E-state index in [-0.39, 0.29) is 0 Å². The van der Waals surface area contributed by atoms with Crippen LogP contribution < -0.4 is 10.1 Å². The smallest absolute Gasteiger partial charge is 0.316 e. The number of methoxy groups -OCH3 is 1. The SMILES string of the molecule is COc1cccc(CNc2nnc(-c3c[nH]c4ncc(Br)cc34)o2)c1. The van der Waals surface area contributed by atoms with Crippen molar-refractivity contribution >= 4 is 33.0 Å². The number of hydrogen-bond acceptors (Lipinski definition) is 6. The molecule has 8 heteroatoms. The minimum Gasteiger partial charge on any atom is -0.497 e. The van der Waals surface area contributed by atoms with Crippen LogP contribution in [0.25, 0.3) is 22.5 Å². The van der Waals surface area contributed by atoms with E-state index in [9.17, 15) is 0 Å². The Bertz CT molecular complexity index is 1030. The van der Waals surface area contributed by atoms with Gasteiger partial charge in [0.15, 0.2) is 0 Å². The van der Waals surface area contributed by atoms with Crippen LogP contribution in [0.2, 0.25) is 0 Å². The van der Waals surface area contributed by atoms with Gasteiger partial charge in [0.25, 0.3) is 5.89 Å². The summed E-state index contributed by atoms with van der Waals surface area (Å²) in [5.41, 5.74) is 2.63. The molecule has 0 atom stereocenters. The molecule has 0 radical (unpaired) electrons. The standard InChI is InChI=1S/C17H14BrN5O2/c1-24-12-4-2-3-10(5-12)7-21-17-23-22-16(25-17)14-9-20-15-13(14)6-11(18)8-19-15/h2-6,8-9H,7H2,1H3,(H,19,20)(H,21,23). The zero-order valence-electron chi connectivity index (χ0n) is 13.3. The summed E-state index contributed by atoms with van der Waals surface area (Å²) >= 11 is 3.43. The molecule has 7 nitrogen and oxygen atoms in total. The lowest BCUT2D eigenvalue weighted by Gasteiger charge is -2.04. The molecule has 3 aromatic heterocycles. The van der Waals surface area contributed by atoms with Crippen molar-refractivity contribution in [3.63, 3.8) is 0 Å². The van der Waals surface area contributed by atoms with Crippen LogP contribution in [0.15, 0.2) is 51.6 Å². The lowest BCUT2D eigenvalue weighted by molar-refractivity contribution is 0.414. The average molecular weight is 400 g/mol. The van der Waals surface area contributed by atoms with Crippen LogP contribution >= 0.6 is 15.9 Å². The maximum atomic E-state index is 5.73. The average Bonchev–Trinajstić information content (AvgIpc) is 3.26. The molecule has 1 aromatic carbocycles. The highest BCUT2D eigenvalue weighted by molar-refractivity contribution is 9.10. The van der Waals surface area contributed by atoms with Crippen molar-refractivity contribution in [1.82, 2.24) is 20.2 Å². The number of halogens is 1. The van der Waals surface area contributed by atoms with Gasteiger partial charge in [0.1, 0.15) is 11.4 Å². The predicted molar refractivity (Wildman–Crippen MR) is 97.4 cm³/mol. The quantitative estimate of drug-likeness (QED) is 0.527. The first-order valence-corrected chi connectivity index (χ1v) is 8.35. The van der Waals surface area contributed by atoms with Gasteiger partial charge in [-0.1, -0.05) is 17.2 Å². The van der Waals surface area contributed by atoms with E-state index in [1.165, 1.54) is 0 Å². The monoisotopic (exact) mass is 399 g/mol. The molecule has 25 heavy (non-hydrogen) atoms. The van der Waals surface area contributed by atoms with E-state index in [4.69, 9.17) is 9.15 Å². The first-order chi connectivity index (χ1) is 12.2. The number of pyridine rings is 1. The summed E-state index contributed by atoms with van der Waals surface area (Å²) in [4.78, 5) is 7.41. The van der Waals surface area contributed by atoms with Crippen molar-refractivity contribution in [3.05, 3.63) is 52.8 Å². The summed E-state index contributed by atoms with van der Waals surface area (Å²) in [6.07, 6.45) is 3.54. The second-order valence-corrected chi connectivity index (χ2v) is 6.29. The van der Waals surface area contributed by atoms with Crippen molar-refractivity contribution in [2.24, 2.45) is 0 Å². The summed E-state index contributed by atoms with van der Waals surface area (Å²) < 4.78 is 11.8. The van der Waals surface area contributed by atoms with Crippen molar-refractivity contribution in [1.29, 1.82) is 0 Å². The number of hydrogen-bond donors (Lipinski definition) is 2. The van der Waals surface area contributed by atoms with E-state index >= 15 is 0 Å². The van der Waals surface area contributed by atoms with Crippen molar-refractivity contribution in [3.8, 4) is 17.2 Å². The molecule has 0 aliphatic rings. The molecule has 0 fully saturated rings. The third-order valence-electron chi connectivity index (χ3n) is 3.73. The Kier molecular flexibility index (Phi) is 4.10. The molecule has 4 rings (SSSR count). The van der Waals surface area contributed by atoms with Crippen molar-refractivity contribution < 1.29 is 9.15 Å². The minimum absolute atomic E-state index is 0.357. The maximum Gasteiger partial charge on any atom is 0.316 e. The third-order valence-corrected chi connectivity index (χ3v) is 4.16. The third kappa shape index (κ3) is 3.20.